The molecule has 1 N–H and O–H groups in total. The molecule has 1 aromatic carbocycles. The van der Waals surface area contributed by atoms with Gasteiger partial charge in [-0.1, -0.05) is 12.1 Å². The molecule has 144 valence electrons. The van der Waals surface area contributed by atoms with E-state index in [1.807, 2.05) is 12.1 Å². The number of halogens is 1. The number of nitrogens with one attached hydrogen (secondary N) is 1. The predicted octanol–water partition coefficient (Wildman–Crippen LogP) is 1.94. The standard InChI is InChI=1S/C20H20FN5O2/c21-16-5-3-14(4-6-16)12-18(27)23-10-11-25-20(28)26(17-7-8-17)19(24-25)15-2-1-9-22-13-15/h1-6,9,13,17H,7-8,10-12H2,(H,23,27). The molecule has 0 radical (unpaired) electrons. The smallest absolute Gasteiger partial charge is 0.346 e. The first-order valence-electron chi connectivity index (χ1n) is 9.23. The maximum absolute atomic E-state index is 12.9. The van der Waals surface area contributed by atoms with Crippen molar-refractivity contribution in [3.05, 3.63) is 70.7 Å². The summed E-state index contributed by atoms with van der Waals surface area (Å²) in [6, 6.07) is 9.69. The molecule has 0 unspecified atom stereocenters. The monoisotopic (exact) mass is 381 g/mol. The number of pyridine rings is 1. The number of hydrogen-bond donors (Lipinski definition) is 1. The van der Waals surface area contributed by atoms with Gasteiger partial charge in [0.2, 0.25) is 5.91 Å². The highest BCUT2D eigenvalue weighted by atomic mass is 19.1. The topological polar surface area (TPSA) is 81.8 Å². The van der Waals surface area contributed by atoms with Crippen LogP contribution in [0.25, 0.3) is 11.4 Å². The Morgan fingerprint density at radius 1 is 1.21 bits per heavy atom. The van der Waals surface area contributed by atoms with Gasteiger partial charge >= 0.3 is 5.69 Å². The molecule has 1 amide bonds. The van der Waals surface area contributed by atoms with Crippen molar-refractivity contribution in [1.82, 2.24) is 24.6 Å². The van der Waals surface area contributed by atoms with E-state index in [1.54, 1.807) is 29.1 Å². The van der Waals surface area contributed by atoms with Crippen LogP contribution >= 0.6 is 0 Å². The largest absolute Gasteiger partial charge is 0.354 e. The molecule has 28 heavy (non-hydrogen) atoms. The van der Waals surface area contributed by atoms with Crippen molar-refractivity contribution >= 4 is 5.91 Å². The molecule has 1 saturated carbocycles. The fourth-order valence-electron chi connectivity index (χ4n) is 3.07. The lowest BCUT2D eigenvalue weighted by atomic mass is 10.1. The number of hydrogen-bond acceptors (Lipinski definition) is 4. The first-order chi connectivity index (χ1) is 13.6. The van der Waals surface area contributed by atoms with Crippen LogP contribution in [0.1, 0.15) is 24.4 Å². The SMILES string of the molecule is O=C(Cc1ccc(F)cc1)NCCn1nc(-c2cccnc2)n(C2CC2)c1=O. The van der Waals surface area contributed by atoms with Crippen molar-refractivity contribution in [3.63, 3.8) is 0 Å². The second kappa shape index (κ2) is 7.75. The first kappa shape index (κ1) is 18.1. The van der Waals surface area contributed by atoms with E-state index < -0.39 is 0 Å². The fourth-order valence-corrected chi connectivity index (χ4v) is 3.07. The first-order valence-corrected chi connectivity index (χ1v) is 9.23. The Balaban J connectivity index is 1.42. The van der Waals surface area contributed by atoms with Crippen LogP contribution in [0.2, 0.25) is 0 Å². The lowest BCUT2D eigenvalue weighted by molar-refractivity contribution is -0.120. The third-order valence-electron chi connectivity index (χ3n) is 4.63. The minimum atomic E-state index is -0.334. The van der Waals surface area contributed by atoms with E-state index in [4.69, 9.17) is 0 Å². The van der Waals surface area contributed by atoms with Gasteiger partial charge in [-0.3, -0.25) is 14.3 Å². The van der Waals surface area contributed by atoms with Gasteiger partial charge in [-0.2, -0.15) is 0 Å². The zero-order valence-electron chi connectivity index (χ0n) is 15.2. The molecule has 2 aromatic heterocycles. The number of nitrogens with zero attached hydrogens (tertiary/aromatic N) is 4. The maximum Gasteiger partial charge on any atom is 0.346 e. The quantitative estimate of drug-likeness (QED) is 0.678. The molecule has 0 aliphatic heterocycles. The summed E-state index contributed by atoms with van der Waals surface area (Å²) < 4.78 is 16.0. The predicted molar refractivity (Wildman–Crippen MR) is 101 cm³/mol. The van der Waals surface area contributed by atoms with Crippen LogP contribution in [0.3, 0.4) is 0 Å². The Hall–Kier alpha value is -3.29. The van der Waals surface area contributed by atoms with Crippen LogP contribution in [0.5, 0.6) is 0 Å². The summed E-state index contributed by atoms with van der Waals surface area (Å²) in [5.41, 5.74) is 1.35. The minimum Gasteiger partial charge on any atom is -0.354 e. The van der Waals surface area contributed by atoms with Crippen LogP contribution in [-0.4, -0.2) is 31.8 Å². The van der Waals surface area contributed by atoms with Gasteiger partial charge in [-0.15, -0.1) is 5.10 Å². The van der Waals surface area contributed by atoms with Gasteiger partial charge in [-0.05, 0) is 42.7 Å². The number of amides is 1. The summed E-state index contributed by atoms with van der Waals surface area (Å²) in [7, 11) is 0. The number of rotatable bonds is 7. The number of carbonyl (C=O) groups excluding carboxylic acids is 1. The van der Waals surface area contributed by atoms with E-state index in [0.29, 0.717) is 5.82 Å². The van der Waals surface area contributed by atoms with Crippen molar-refractivity contribution in [1.29, 1.82) is 0 Å². The van der Waals surface area contributed by atoms with Crippen molar-refractivity contribution in [2.24, 2.45) is 0 Å². The summed E-state index contributed by atoms with van der Waals surface area (Å²) in [5.74, 6) is 0.0891. The normalized spacial score (nSPS) is 13.5. The third kappa shape index (κ3) is 4.00. The lowest BCUT2D eigenvalue weighted by Crippen LogP contribution is -2.32. The Morgan fingerprint density at radius 3 is 2.68 bits per heavy atom. The fraction of sp³-hybridized carbons (Fsp3) is 0.300. The average molecular weight is 381 g/mol. The Bertz CT molecular complexity index is 1020. The molecule has 3 aromatic rings. The van der Waals surface area contributed by atoms with Crippen molar-refractivity contribution in [2.75, 3.05) is 6.54 Å². The van der Waals surface area contributed by atoms with E-state index in [1.165, 1.54) is 16.8 Å². The summed E-state index contributed by atoms with van der Waals surface area (Å²) in [6.07, 6.45) is 5.46. The molecule has 1 fully saturated rings. The highest BCUT2D eigenvalue weighted by Crippen LogP contribution is 2.36. The van der Waals surface area contributed by atoms with E-state index in [2.05, 4.69) is 15.4 Å². The Labute approximate surface area is 160 Å². The number of aromatic nitrogens is 4. The summed E-state index contributed by atoms with van der Waals surface area (Å²) >= 11 is 0. The number of carbonyl (C=O) groups is 1. The highest BCUT2D eigenvalue weighted by Gasteiger charge is 2.30. The van der Waals surface area contributed by atoms with E-state index >= 15 is 0 Å². The minimum absolute atomic E-state index is 0.159. The van der Waals surface area contributed by atoms with Crippen LogP contribution in [0.4, 0.5) is 4.39 Å². The summed E-state index contributed by atoms with van der Waals surface area (Å²) in [6.45, 7) is 0.565. The van der Waals surface area contributed by atoms with E-state index in [-0.39, 0.29) is 43.0 Å². The molecule has 1 aliphatic carbocycles. The van der Waals surface area contributed by atoms with Crippen LogP contribution in [0, 0.1) is 5.82 Å². The summed E-state index contributed by atoms with van der Waals surface area (Å²) in [4.78, 5) is 28.9. The van der Waals surface area contributed by atoms with Crippen molar-refractivity contribution in [3.8, 4) is 11.4 Å². The highest BCUT2D eigenvalue weighted by molar-refractivity contribution is 5.78. The Morgan fingerprint density at radius 2 is 2.00 bits per heavy atom. The summed E-state index contributed by atoms with van der Waals surface area (Å²) in [5, 5.41) is 7.25. The molecule has 2 heterocycles. The zero-order chi connectivity index (χ0) is 19.5. The molecular formula is C20H20FN5O2. The van der Waals surface area contributed by atoms with Crippen molar-refractivity contribution < 1.29 is 9.18 Å². The van der Waals surface area contributed by atoms with Crippen LogP contribution < -0.4 is 11.0 Å². The van der Waals surface area contributed by atoms with Gasteiger partial charge in [-0.25, -0.2) is 13.9 Å². The van der Waals surface area contributed by atoms with Gasteiger partial charge < -0.3 is 5.32 Å². The molecular weight excluding hydrogens is 361 g/mol. The Kier molecular flexibility index (Phi) is 5.01. The average Bonchev–Trinajstić information content (AvgIpc) is 3.48. The van der Waals surface area contributed by atoms with Gasteiger partial charge in [0.25, 0.3) is 0 Å². The molecule has 0 saturated heterocycles. The maximum atomic E-state index is 12.9. The van der Waals surface area contributed by atoms with Gasteiger partial charge in [0.15, 0.2) is 5.82 Å². The molecule has 1 aliphatic rings. The van der Waals surface area contributed by atoms with Gasteiger partial charge in [0, 0.05) is 30.5 Å². The number of benzene rings is 1. The van der Waals surface area contributed by atoms with E-state index in [0.717, 1.165) is 24.0 Å². The second-order valence-corrected chi connectivity index (χ2v) is 6.83. The third-order valence-corrected chi connectivity index (χ3v) is 4.63. The van der Waals surface area contributed by atoms with Crippen LogP contribution in [0.15, 0.2) is 53.6 Å². The van der Waals surface area contributed by atoms with Crippen LogP contribution in [-0.2, 0) is 17.8 Å². The second-order valence-electron chi connectivity index (χ2n) is 6.83. The zero-order valence-corrected chi connectivity index (χ0v) is 15.2. The van der Waals surface area contributed by atoms with E-state index in [9.17, 15) is 14.0 Å². The van der Waals surface area contributed by atoms with Gasteiger partial charge in [0.05, 0.1) is 13.0 Å². The van der Waals surface area contributed by atoms with Crippen molar-refractivity contribution in [2.45, 2.75) is 31.8 Å². The van der Waals surface area contributed by atoms with Gasteiger partial charge in [0.1, 0.15) is 5.82 Å². The molecule has 8 heteroatoms. The molecule has 0 atom stereocenters. The molecule has 0 spiro atoms. The molecule has 7 nitrogen and oxygen atoms in total. The lowest BCUT2D eigenvalue weighted by Gasteiger charge is -2.05. The molecule has 4 rings (SSSR count). The molecule has 0 bridgehead atoms.